The Hall–Kier alpha value is -1.06. The van der Waals surface area contributed by atoms with Crippen molar-refractivity contribution < 1.29 is 14.3 Å². The Bertz CT molecular complexity index is 269. The summed E-state index contributed by atoms with van der Waals surface area (Å²) < 4.78 is 5.40. The van der Waals surface area contributed by atoms with Gasteiger partial charge in [0.15, 0.2) is 0 Å². The van der Waals surface area contributed by atoms with Crippen molar-refractivity contribution in [1.29, 1.82) is 0 Å². The first-order chi connectivity index (χ1) is 8.22. The third-order valence-corrected chi connectivity index (χ3v) is 2.60. The molecule has 18 heavy (non-hydrogen) atoms. The zero-order valence-corrected chi connectivity index (χ0v) is 12.5. The molecule has 0 aliphatic carbocycles. The Balaban J connectivity index is 4.90. The van der Waals surface area contributed by atoms with Crippen LogP contribution in [0, 0.1) is 5.92 Å². The molecular weight excluding hydrogens is 230 g/mol. The van der Waals surface area contributed by atoms with Crippen LogP contribution in [0.15, 0.2) is 0 Å². The van der Waals surface area contributed by atoms with Crippen LogP contribution < -0.4 is 0 Å². The lowest BCUT2D eigenvalue weighted by Crippen LogP contribution is -2.46. The SMILES string of the molecule is CCCN(C(=O)OC(C)(C)C)C(CC=O)C(C)C. The van der Waals surface area contributed by atoms with Gasteiger partial charge < -0.3 is 14.4 Å². The van der Waals surface area contributed by atoms with Crippen LogP contribution in [0.4, 0.5) is 4.79 Å². The molecule has 4 heteroatoms. The van der Waals surface area contributed by atoms with E-state index in [9.17, 15) is 9.59 Å². The first kappa shape index (κ1) is 16.9. The van der Waals surface area contributed by atoms with E-state index >= 15 is 0 Å². The Morgan fingerprint density at radius 3 is 2.22 bits per heavy atom. The van der Waals surface area contributed by atoms with Gasteiger partial charge in [0.2, 0.25) is 0 Å². The summed E-state index contributed by atoms with van der Waals surface area (Å²) in [7, 11) is 0. The van der Waals surface area contributed by atoms with Crippen LogP contribution in [-0.4, -0.2) is 35.5 Å². The van der Waals surface area contributed by atoms with Crippen molar-refractivity contribution in [2.45, 2.75) is 66.0 Å². The van der Waals surface area contributed by atoms with Gasteiger partial charge in [0.05, 0.1) is 0 Å². The Morgan fingerprint density at radius 2 is 1.89 bits per heavy atom. The van der Waals surface area contributed by atoms with E-state index < -0.39 is 5.60 Å². The Kier molecular flexibility index (Phi) is 6.96. The summed E-state index contributed by atoms with van der Waals surface area (Å²) in [5.41, 5.74) is -0.508. The first-order valence-corrected chi connectivity index (χ1v) is 6.66. The molecule has 0 aliphatic heterocycles. The highest BCUT2D eigenvalue weighted by Gasteiger charge is 2.29. The van der Waals surface area contributed by atoms with E-state index in [2.05, 4.69) is 0 Å². The van der Waals surface area contributed by atoms with Crippen molar-refractivity contribution in [3.8, 4) is 0 Å². The van der Waals surface area contributed by atoms with E-state index in [-0.39, 0.29) is 18.1 Å². The van der Waals surface area contributed by atoms with Crippen molar-refractivity contribution in [2.75, 3.05) is 6.54 Å². The monoisotopic (exact) mass is 257 g/mol. The number of rotatable bonds is 6. The molecule has 0 radical (unpaired) electrons. The summed E-state index contributed by atoms with van der Waals surface area (Å²) in [6, 6.07) is -0.0858. The summed E-state index contributed by atoms with van der Waals surface area (Å²) >= 11 is 0. The van der Waals surface area contributed by atoms with Crippen molar-refractivity contribution >= 4 is 12.4 Å². The second-order valence-electron chi connectivity index (χ2n) is 5.89. The molecule has 0 rings (SSSR count). The molecule has 0 N–H and O–H groups in total. The van der Waals surface area contributed by atoms with E-state index in [1.54, 1.807) is 4.90 Å². The molecule has 1 amide bonds. The summed E-state index contributed by atoms with van der Waals surface area (Å²) in [6.07, 6.45) is 1.75. The fraction of sp³-hybridized carbons (Fsp3) is 0.857. The van der Waals surface area contributed by atoms with Crippen molar-refractivity contribution in [3.63, 3.8) is 0 Å². The van der Waals surface area contributed by atoms with Crippen LogP contribution >= 0.6 is 0 Å². The fourth-order valence-electron chi connectivity index (χ4n) is 1.81. The normalized spacial score (nSPS) is 13.3. The third kappa shape index (κ3) is 6.03. The number of amides is 1. The molecule has 1 atom stereocenters. The number of nitrogens with zero attached hydrogens (tertiary/aromatic N) is 1. The molecule has 106 valence electrons. The fourth-order valence-corrected chi connectivity index (χ4v) is 1.81. The van der Waals surface area contributed by atoms with Gasteiger partial charge in [-0.2, -0.15) is 0 Å². The molecule has 0 spiro atoms. The Morgan fingerprint density at radius 1 is 1.33 bits per heavy atom. The minimum Gasteiger partial charge on any atom is -0.444 e. The quantitative estimate of drug-likeness (QED) is 0.686. The molecular formula is C14H27NO3. The molecule has 0 aliphatic rings. The van der Waals surface area contributed by atoms with Crippen LogP contribution in [0.2, 0.25) is 0 Å². The number of carbonyl (C=O) groups excluding carboxylic acids is 2. The van der Waals surface area contributed by atoms with Gasteiger partial charge in [0.25, 0.3) is 0 Å². The molecule has 0 saturated carbocycles. The zero-order valence-electron chi connectivity index (χ0n) is 12.5. The number of aldehydes is 1. The average molecular weight is 257 g/mol. The molecule has 0 aromatic carbocycles. The molecule has 0 aromatic heterocycles. The van der Waals surface area contributed by atoms with Crippen LogP contribution in [-0.2, 0) is 9.53 Å². The predicted molar refractivity (Wildman–Crippen MR) is 72.5 cm³/mol. The van der Waals surface area contributed by atoms with Gasteiger partial charge in [-0.1, -0.05) is 20.8 Å². The predicted octanol–water partition coefficient (Wildman–Crippen LogP) is 3.25. The number of hydrogen-bond acceptors (Lipinski definition) is 3. The summed E-state index contributed by atoms with van der Waals surface area (Å²) in [4.78, 5) is 24.6. The molecule has 0 aromatic rings. The number of carbonyl (C=O) groups is 2. The van der Waals surface area contributed by atoms with Gasteiger partial charge in [0.1, 0.15) is 11.9 Å². The summed E-state index contributed by atoms with van der Waals surface area (Å²) in [5.74, 6) is 0.231. The van der Waals surface area contributed by atoms with Gasteiger partial charge in [-0.25, -0.2) is 4.79 Å². The number of ether oxygens (including phenoxy) is 1. The lowest BCUT2D eigenvalue weighted by atomic mass is 10.00. The van der Waals surface area contributed by atoms with Crippen LogP contribution in [0.1, 0.15) is 54.4 Å². The van der Waals surface area contributed by atoms with Crippen molar-refractivity contribution in [1.82, 2.24) is 4.90 Å². The molecule has 0 bridgehead atoms. The maximum absolute atomic E-state index is 12.2. The van der Waals surface area contributed by atoms with E-state index in [4.69, 9.17) is 4.74 Å². The van der Waals surface area contributed by atoms with E-state index in [0.717, 1.165) is 12.7 Å². The van der Waals surface area contributed by atoms with Gasteiger partial charge in [-0.15, -0.1) is 0 Å². The molecule has 4 nitrogen and oxygen atoms in total. The third-order valence-electron chi connectivity index (χ3n) is 2.60. The molecule has 1 unspecified atom stereocenters. The minimum atomic E-state index is -0.508. The standard InChI is InChI=1S/C14H27NO3/c1-7-9-15(12(8-10-16)11(2)3)13(17)18-14(4,5)6/h10-12H,7-9H2,1-6H3. The Labute approximate surface area is 111 Å². The first-order valence-electron chi connectivity index (χ1n) is 6.66. The van der Waals surface area contributed by atoms with E-state index in [1.165, 1.54) is 0 Å². The minimum absolute atomic E-state index is 0.0858. The maximum Gasteiger partial charge on any atom is 0.410 e. The van der Waals surface area contributed by atoms with E-state index in [0.29, 0.717) is 13.0 Å². The van der Waals surface area contributed by atoms with Crippen LogP contribution in [0.3, 0.4) is 0 Å². The second kappa shape index (κ2) is 7.39. The second-order valence-corrected chi connectivity index (χ2v) is 5.89. The van der Waals surface area contributed by atoms with Gasteiger partial charge in [0, 0.05) is 19.0 Å². The van der Waals surface area contributed by atoms with Crippen LogP contribution in [0.5, 0.6) is 0 Å². The van der Waals surface area contributed by atoms with Crippen molar-refractivity contribution in [3.05, 3.63) is 0 Å². The van der Waals surface area contributed by atoms with Crippen LogP contribution in [0.25, 0.3) is 0 Å². The highest BCUT2D eigenvalue weighted by molar-refractivity contribution is 5.69. The lowest BCUT2D eigenvalue weighted by molar-refractivity contribution is -0.109. The highest BCUT2D eigenvalue weighted by Crippen LogP contribution is 2.18. The van der Waals surface area contributed by atoms with Gasteiger partial charge in [-0.3, -0.25) is 0 Å². The number of hydrogen-bond donors (Lipinski definition) is 0. The summed E-state index contributed by atoms with van der Waals surface area (Å²) in [6.45, 7) is 12.2. The zero-order chi connectivity index (χ0) is 14.3. The molecule has 0 heterocycles. The van der Waals surface area contributed by atoms with E-state index in [1.807, 2.05) is 41.5 Å². The summed E-state index contributed by atoms with van der Waals surface area (Å²) in [5, 5.41) is 0. The lowest BCUT2D eigenvalue weighted by Gasteiger charge is -2.34. The smallest absolute Gasteiger partial charge is 0.410 e. The van der Waals surface area contributed by atoms with Gasteiger partial charge >= 0.3 is 6.09 Å². The van der Waals surface area contributed by atoms with Crippen molar-refractivity contribution in [2.24, 2.45) is 5.92 Å². The molecule has 0 saturated heterocycles. The highest BCUT2D eigenvalue weighted by atomic mass is 16.6. The average Bonchev–Trinajstić information content (AvgIpc) is 2.20. The molecule has 0 fully saturated rings. The topological polar surface area (TPSA) is 46.6 Å². The van der Waals surface area contributed by atoms with Gasteiger partial charge in [-0.05, 0) is 33.1 Å². The maximum atomic E-state index is 12.2. The largest absolute Gasteiger partial charge is 0.444 e.